The minimum absolute atomic E-state index is 0.158. The van der Waals surface area contributed by atoms with Gasteiger partial charge in [-0.05, 0) is 0 Å². The molecule has 0 radical (unpaired) electrons. The van der Waals surface area contributed by atoms with Crippen LogP contribution in [0.15, 0.2) is 0 Å². The number of nitrogens with zero attached hydrogens (tertiary/aromatic N) is 2. The van der Waals surface area contributed by atoms with E-state index in [-0.39, 0.29) is 6.54 Å². The Morgan fingerprint density at radius 3 is 2.07 bits per heavy atom. The van der Waals surface area contributed by atoms with Gasteiger partial charge in [-0.15, -0.1) is 0 Å². The summed E-state index contributed by atoms with van der Waals surface area (Å²) in [5, 5.41) is 0. The third-order valence-electron chi connectivity index (χ3n) is 1.67. The van der Waals surface area contributed by atoms with Crippen LogP contribution in [0.1, 0.15) is 13.8 Å². The summed E-state index contributed by atoms with van der Waals surface area (Å²) in [7, 11) is -1.02. The largest absolute Gasteiger partial charge is 0.452 e. The predicted octanol–water partition coefficient (Wildman–Crippen LogP) is 0.271. The molecular weight excluding hydrogens is 208 g/mol. The van der Waals surface area contributed by atoms with E-state index in [4.69, 9.17) is 0 Å². The SMILES string of the molecule is CC.COC(=O)N1CCN(C)S1(=O)=O. The van der Waals surface area contributed by atoms with Crippen LogP contribution in [0.3, 0.4) is 0 Å². The molecule has 0 unspecified atom stereocenters. The summed E-state index contributed by atoms with van der Waals surface area (Å²) in [4.78, 5) is 10.9. The number of carbonyl (C=O) groups is 1. The molecule has 14 heavy (non-hydrogen) atoms. The van der Waals surface area contributed by atoms with Crippen molar-refractivity contribution in [3.63, 3.8) is 0 Å². The number of hydrogen-bond acceptors (Lipinski definition) is 4. The standard InChI is InChI=1S/C5H10N2O4S.C2H6/c1-6-3-4-7(5(8)11-2)12(6,9)10;1-2/h3-4H2,1-2H3;1-2H3. The molecule has 1 saturated heterocycles. The molecule has 1 aliphatic heterocycles. The maximum Gasteiger partial charge on any atom is 0.424 e. The molecule has 1 fully saturated rings. The van der Waals surface area contributed by atoms with Gasteiger partial charge in [0.2, 0.25) is 0 Å². The molecule has 6 nitrogen and oxygen atoms in total. The molecule has 0 saturated carbocycles. The molecule has 7 heteroatoms. The van der Waals surface area contributed by atoms with Crippen molar-refractivity contribution in [2.45, 2.75) is 13.8 Å². The number of likely N-dealkylation sites (N-methyl/N-ethyl adjacent to an activating group) is 1. The van der Waals surface area contributed by atoms with E-state index in [1.165, 1.54) is 7.05 Å². The van der Waals surface area contributed by atoms with Gasteiger partial charge in [0.1, 0.15) is 0 Å². The van der Waals surface area contributed by atoms with E-state index in [1.54, 1.807) is 0 Å². The van der Waals surface area contributed by atoms with Gasteiger partial charge in [-0.2, -0.15) is 17.0 Å². The van der Waals surface area contributed by atoms with Crippen LogP contribution in [-0.4, -0.2) is 50.4 Å². The first-order valence-corrected chi connectivity index (χ1v) is 5.72. The lowest BCUT2D eigenvalue weighted by Gasteiger charge is -2.13. The normalized spacial score (nSPS) is 19.9. The average molecular weight is 224 g/mol. The third-order valence-corrected chi connectivity index (χ3v) is 3.53. The lowest BCUT2D eigenvalue weighted by atomic mass is 10.6. The van der Waals surface area contributed by atoms with Crippen LogP contribution < -0.4 is 0 Å². The van der Waals surface area contributed by atoms with Crippen molar-refractivity contribution in [3.8, 4) is 0 Å². The molecule has 0 aromatic heterocycles. The zero-order valence-corrected chi connectivity index (χ0v) is 9.67. The van der Waals surface area contributed by atoms with Gasteiger partial charge in [-0.25, -0.2) is 4.79 Å². The zero-order chi connectivity index (χ0) is 11.4. The molecule has 0 bridgehead atoms. The van der Waals surface area contributed by atoms with Gasteiger partial charge in [0.25, 0.3) is 0 Å². The molecular formula is C7H16N2O4S. The maximum atomic E-state index is 11.2. The van der Waals surface area contributed by atoms with Gasteiger partial charge in [-0.3, -0.25) is 0 Å². The fourth-order valence-electron chi connectivity index (χ4n) is 0.918. The van der Waals surface area contributed by atoms with Crippen molar-refractivity contribution >= 4 is 16.3 Å². The summed E-state index contributed by atoms with van der Waals surface area (Å²) < 4.78 is 28.6. The Balaban J connectivity index is 0.000000791. The molecule has 0 aliphatic carbocycles. The van der Waals surface area contributed by atoms with Crippen LogP contribution in [0.5, 0.6) is 0 Å². The lowest BCUT2D eigenvalue weighted by molar-refractivity contribution is 0.152. The Morgan fingerprint density at radius 2 is 1.79 bits per heavy atom. The highest BCUT2D eigenvalue weighted by molar-refractivity contribution is 7.87. The number of hydrogen-bond donors (Lipinski definition) is 0. The van der Waals surface area contributed by atoms with Crippen LogP contribution in [0.2, 0.25) is 0 Å². The van der Waals surface area contributed by atoms with Crippen molar-refractivity contribution in [2.24, 2.45) is 0 Å². The second kappa shape index (κ2) is 5.16. The van der Waals surface area contributed by atoms with Crippen LogP contribution in [0, 0.1) is 0 Å². The summed E-state index contributed by atoms with van der Waals surface area (Å²) in [6.07, 6.45) is -0.834. The molecule has 1 aliphatic rings. The first-order valence-electron chi connectivity index (χ1n) is 4.32. The Hall–Kier alpha value is -0.820. The smallest absolute Gasteiger partial charge is 0.424 e. The summed E-state index contributed by atoms with van der Waals surface area (Å²) in [6.45, 7) is 4.48. The number of amides is 1. The minimum Gasteiger partial charge on any atom is -0.452 e. The second-order valence-corrected chi connectivity index (χ2v) is 4.33. The monoisotopic (exact) mass is 224 g/mol. The number of ether oxygens (including phenoxy) is 1. The summed E-state index contributed by atoms with van der Waals surface area (Å²) in [5.74, 6) is 0. The predicted molar refractivity (Wildman–Crippen MR) is 52.0 cm³/mol. The third kappa shape index (κ3) is 2.36. The molecule has 1 amide bonds. The van der Waals surface area contributed by atoms with E-state index in [0.717, 1.165) is 11.4 Å². The first-order chi connectivity index (χ1) is 6.50. The molecule has 1 heterocycles. The van der Waals surface area contributed by atoms with Crippen molar-refractivity contribution in [1.29, 1.82) is 0 Å². The Morgan fingerprint density at radius 1 is 1.29 bits per heavy atom. The Kier molecular flexibility index (Phi) is 4.86. The minimum atomic E-state index is -3.59. The van der Waals surface area contributed by atoms with Gasteiger partial charge >= 0.3 is 16.3 Å². The first kappa shape index (κ1) is 13.2. The van der Waals surface area contributed by atoms with Gasteiger partial charge in [0.05, 0.1) is 13.7 Å². The van der Waals surface area contributed by atoms with Gasteiger partial charge in [0, 0.05) is 13.6 Å². The van der Waals surface area contributed by atoms with E-state index >= 15 is 0 Å². The summed E-state index contributed by atoms with van der Waals surface area (Å²) in [6, 6.07) is 0. The Labute approximate surface area is 84.6 Å². The van der Waals surface area contributed by atoms with Crippen molar-refractivity contribution in [1.82, 2.24) is 8.61 Å². The summed E-state index contributed by atoms with van der Waals surface area (Å²) >= 11 is 0. The van der Waals surface area contributed by atoms with Crippen molar-refractivity contribution in [2.75, 3.05) is 27.2 Å². The maximum absolute atomic E-state index is 11.2. The highest BCUT2D eigenvalue weighted by atomic mass is 32.2. The van der Waals surface area contributed by atoms with Crippen molar-refractivity contribution in [3.05, 3.63) is 0 Å². The van der Waals surface area contributed by atoms with Crippen LogP contribution in [-0.2, 0) is 14.9 Å². The molecule has 0 atom stereocenters. The van der Waals surface area contributed by atoms with E-state index < -0.39 is 16.3 Å². The molecule has 0 N–H and O–H groups in total. The van der Waals surface area contributed by atoms with Gasteiger partial charge in [-0.1, -0.05) is 13.8 Å². The van der Waals surface area contributed by atoms with E-state index in [2.05, 4.69) is 4.74 Å². The van der Waals surface area contributed by atoms with E-state index in [9.17, 15) is 13.2 Å². The van der Waals surface area contributed by atoms with Gasteiger partial charge < -0.3 is 4.74 Å². The zero-order valence-electron chi connectivity index (χ0n) is 8.85. The van der Waals surface area contributed by atoms with E-state index in [1.807, 2.05) is 13.8 Å². The average Bonchev–Trinajstić information content (AvgIpc) is 2.44. The number of rotatable bonds is 0. The summed E-state index contributed by atoms with van der Waals surface area (Å²) in [5.41, 5.74) is 0. The molecule has 0 spiro atoms. The quantitative estimate of drug-likeness (QED) is 0.592. The topological polar surface area (TPSA) is 66.9 Å². The Bertz CT molecular complexity index is 288. The van der Waals surface area contributed by atoms with Crippen LogP contribution in [0.25, 0.3) is 0 Å². The number of carbonyl (C=O) groups excluding carboxylic acids is 1. The van der Waals surface area contributed by atoms with Crippen molar-refractivity contribution < 1.29 is 17.9 Å². The molecule has 0 aromatic carbocycles. The highest BCUT2D eigenvalue weighted by Crippen LogP contribution is 2.14. The second-order valence-electron chi connectivity index (χ2n) is 2.37. The van der Waals surface area contributed by atoms with Gasteiger partial charge in [0.15, 0.2) is 0 Å². The van der Waals surface area contributed by atoms with Crippen LogP contribution in [0.4, 0.5) is 4.79 Å². The number of methoxy groups -OCH3 is 1. The molecule has 84 valence electrons. The van der Waals surface area contributed by atoms with E-state index in [0.29, 0.717) is 10.8 Å². The lowest BCUT2D eigenvalue weighted by Crippen LogP contribution is -2.35. The molecule has 0 aromatic rings. The molecule has 1 rings (SSSR count). The fraction of sp³-hybridized carbons (Fsp3) is 0.857. The van der Waals surface area contributed by atoms with Crippen LogP contribution >= 0.6 is 0 Å². The highest BCUT2D eigenvalue weighted by Gasteiger charge is 2.37. The fourth-order valence-corrected chi connectivity index (χ4v) is 2.14.